The van der Waals surface area contributed by atoms with Crippen molar-refractivity contribution in [3.63, 3.8) is 0 Å². The summed E-state index contributed by atoms with van der Waals surface area (Å²) in [6, 6.07) is 0. The van der Waals surface area contributed by atoms with Crippen molar-refractivity contribution in [2.75, 3.05) is 13.2 Å². The van der Waals surface area contributed by atoms with E-state index in [2.05, 4.69) is 6.58 Å². The molecule has 0 aliphatic carbocycles. The molecule has 1 saturated heterocycles. The van der Waals surface area contributed by atoms with Crippen LogP contribution in [0.1, 0.15) is 0 Å². The third-order valence-electron chi connectivity index (χ3n) is 0.894. The molecule has 0 amide bonds. The number of hydrogen-bond acceptors (Lipinski definition) is 3. The molecule has 3 heteroatoms. The molecule has 8 heavy (non-hydrogen) atoms. The lowest BCUT2D eigenvalue weighted by atomic mass is 10.5. The first-order valence-corrected chi connectivity index (χ1v) is 2.41. The van der Waals surface area contributed by atoms with Gasteiger partial charge in [0.05, 0.1) is 13.2 Å². The average molecular weight is 116 g/mol. The molecule has 0 atom stereocenters. The Bertz CT molecular complexity index is 93.8. The van der Waals surface area contributed by atoms with Gasteiger partial charge in [0.25, 0.3) is 0 Å². The van der Waals surface area contributed by atoms with E-state index < -0.39 is 6.29 Å². The Hall–Kier alpha value is -0.540. The highest BCUT2D eigenvalue weighted by atomic mass is 16.7. The first kappa shape index (κ1) is 5.59. The number of hydrogen-bond donors (Lipinski definition) is 1. The first-order chi connectivity index (χ1) is 3.80. The van der Waals surface area contributed by atoms with E-state index in [0.717, 1.165) is 0 Å². The fourth-order valence-electron chi connectivity index (χ4n) is 0.551. The molecule has 0 spiro atoms. The van der Waals surface area contributed by atoms with E-state index in [1.807, 2.05) is 0 Å². The maximum atomic E-state index is 8.61. The Morgan fingerprint density at radius 1 is 1.50 bits per heavy atom. The Kier molecular flexibility index (Phi) is 1.50. The van der Waals surface area contributed by atoms with Crippen molar-refractivity contribution in [2.24, 2.45) is 0 Å². The molecule has 0 saturated carbocycles. The Morgan fingerprint density at radius 3 is 2.25 bits per heavy atom. The van der Waals surface area contributed by atoms with Crippen LogP contribution in [0.25, 0.3) is 0 Å². The van der Waals surface area contributed by atoms with E-state index >= 15 is 0 Å². The summed E-state index contributed by atoms with van der Waals surface area (Å²) in [5.74, 6) is -0.0532. The monoisotopic (exact) mass is 116 g/mol. The van der Waals surface area contributed by atoms with Crippen molar-refractivity contribution in [1.82, 2.24) is 0 Å². The maximum absolute atomic E-state index is 8.61. The van der Waals surface area contributed by atoms with Crippen LogP contribution in [0.4, 0.5) is 0 Å². The number of aliphatic hydroxyl groups is 1. The van der Waals surface area contributed by atoms with Crippen molar-refractivity contribution >= 4 is 0 Å². The highest BCUT2D eigenvalue weighted by molar-refractivity contribution is 4.85. The minimum absolute atomic E-state index is 0.0532. The smallest absolute Gasteiger partial charge is 0.215 e. The quantitative estimate of drug-likeness (QED) is 0.505. The predicted octanol–water partition coefficient (Wildman–Crippen LogP) is 0.431. The average Bonchev–Trinajstić information content (AvgIpc) is 2.12. The molecule has 1 fully saturated rings. The zero-order valence-corrected chi connectivity index (χ0v) is 4.46. The van der Waals surface area contributed by atoms with Crippen LogP contribution in [0.15, 0.2) is 12.3 Å². The summed E-state index contributed by atoms with van der Waals surface area (Å²) in [6.07, 6.45) is -0.574. The van der Waals surface area contributed by atoms with Gasteiger partial charge in [-0.1, -0.05) is 6.58 Å². The van der Waals surface area contributed by atoms with E-state index in [4.69, 9.17) is 14.6 Å². The van der Waals surface area contributed by atoms with Crippen molar-refractivity contribution in [3.8, 4) is 0 Å². The Morgan fingerprint density at radius 2 is 2.00 bits per heavy atom. The Balaban J connectivity index is 2.35. The van der Waals surface area contributed by atoms with E-state index in [1.54, 1.807) is 0 Å². The van der Waals surface area contributed by atoms with Crippen molar-refractivity contribution in [1.29, 1.82) is 0 Å². The molecular weight excluding hydrogens is 108 g/mol. The zero-order chi connectivity index (χ0) is 5.98. The van der Waals surface area contributed by atoms with Crippen LogP contribution in [0.2, 0.25) is 0 Å². The molecule has 0 aromatic heterocycles. The fourth-order valence-corrected chi connectivity index (χ4v) is 0.551. The van der Waals surface area contributed by atoms with Gasteiger partial charge in [-0.2, -0.15) is 0 Å². The SMILES string of the molecule is C=C(O)C1OCCO1. The van der Waals surface area contributed by atoms with Crippen LogP contribution in [-0.2, 0) is 9.47 Å². The largest absolute Gasteiger partial charge is 0.508 e. The maximum Gasteiger partial charge on any atom is 0.215 e. The summed E-state index contributed by atoms with van der Waals surface area (Å²) < 4.78 is 9.69. The van der Waals surface area contributed by atoms with Gasteiger partial charge in [-0.15, -0.1) is 0 Å². The number of aliphatic hydroxyl groups excluding tert-OH is 1. The topological polar surface area (TPSA) is 38.7 Å². The molecule has 0 unspecified atom stereocenters. The van der Waals surface area contributed by atoms with Crippen molar-refractivity contribution in [3.05, 3.63) is 12.3 Å². The molecule has 1 aliphatic heterocycles. The molecule has 1 N–H and O–H groups in total. The molecule has 1 rings (SSSR count). The van der Waals surface area contributed by atoms with Crippen LogP contribution >= 0.6 is 0 Å². The van der Waals surface area contributed by atoms with E-state index in [0.29, 0.717) is 13.2 Å². The Labute approximate surface area is 47.5 Å². The highest BCUT2D eigenvalue weighted by Crippen LogP contribution is 2.08. The van der Waals surface area contributed by atoms with Gasteiger partial charge in [-0.3, -0.25) is 0 Å². The van der Waals surface area contributed by atoms with E-state index in [1.165, 1.54) is 0 Å². The second kappa shape index (κ2) is 2.15. The van der Waals surface area contributed by atoms with Gasteiger partial charge in [-0.05, 0) is 0 Å². The van der Waals surface area contributed by atoms with Crippen molar-refractivity contribution in [2.45, 2.75) is 6.29 Å². The molecule has 0 aromatic rings. The van der Waals surface area contributed by atoms with Crippen LogP contribution in [0, 0.1) is 0 Å². The van der Waals surface area contributed by atoms with Gasteiger partial charge in [0.1, 0.15) is 5.76 Å². The van der Waals surface area contributed by atoms with Crippen molar-refractivity contribution < 1.29 is 14.6 Å². The fraction of sp³-hybridized carbons (Fsp3) is 0.600. The normalized spacial score (nSPS) is 21.5. The summed E-state index contributed by atoms with van der Waals surface area (Å²) in [5, 5.41) is 8.61. The zero-order valence-electron chi connectivity index (χ0n) is 4.46. The lowest BCUT2D eigenvalue weighted by molar-refractivity contribution is -0.0380. The van der Waals surface area contributed by atoms with E-state index in [-0.39, 0.29) is 5.76 Å². The molecular formula is C5H8O3. The minimum atomic E-state index is -0.574. The third-order valence-corrected chi connectivity index (χ3v) is 0.894. The molecule has 3 nitrogen and oxygen atoms in total. The molecule has 46 valence electrons. The predicted molar refractivity (Wildman–Crippen MR) is 27.5 cm³/mol. The van der Waals surface area contributed by atoms with Gasteiger partial charge < -0.3 is 14.6 Å². The molecule has 1 heterocycles. The molecule has 0 bridgehead atoms. The van der Waals surface area contributed by atoms with E-state index in [9.17, 15) is 0 Å². The first-order valence-electron chi connectivity index (χ1n) is 2.41. The molecule has 1 aliphatic rings. The van der Waals surface area contributed by atoms with Gasteiger partial charge >= 0.3 is 0 Å². The second-order valence-corrected chi connectivity index (χ2v) is 1.56. The van der Waals surface area contributed by atoms with Crippen LogP contribution in [0.5, 0.6) is 0 Å². The van der Waals surface area contributed by atoms with Crippen LogP contribution in [-0.4, -0.2) is 24.6 Å². The summed E-state index contributed by atoms with van der Waals surface area (Å²) in [4.78, 5) is 0. The third kappa shape index (κ3) is 0.993. The summed E-state index contributed by atoms with van der Waals surface area (Å²) in [5.41, 5.74) is 0. The van der Waals surface area contributed by atoms with Gasteiger partial charge in [0.15, 0.2) is 0 Å². The number of rotatable bonds is 1. The van der Waals surface area contributed by atoms with Gasteiger partial charge in [0.2, 0.25) is 6.29 Å². The number of ether oxygens (including phenoxy) is 2. The standard InChI is InChI=1S/C5H8O3/c1-4(6)5-7-2-3-8-5/h5-6H,1-3H2. The second-order valence-electron chi connectivity index (χ2n) is 1.56. The lowest BCUT2D eigenvalue weighted by Crippen LogP contribution is -2.09. The molecule has 0 aromatic carbocycles. The lowest BCUT2D eigenvalue weighted by Gasteiger charge is -2.03. The highest BCUT2D eigenvalue weighted by Gasteiger charge is 2.17. The molecule has 0 radical (unpaired) electrons. The van der Waals surface area contributed by atoms with Gasteiger partial charge in [0, 0.05) is 0 Å². The van der Waals surface area contributed by atoms with Crippen LogP contribution in [0.3, 0.4) is 0 Å². The summed E-state index contributed by atoms with van der Waals surface area (Å²) in [6.45, 7) is 4.33. The summed E-state index contributed by atoms with van der Waals surface area (Å²) in [7, 11) is 0. The van der Waals surface area contributed by atoms with Gasteiger partial charge in [-0.25, -0.2) is 0 Å². The van der Waals surface area contributed by atoms with Crippen LogP contribution < -0.4 is 0 Å². The summed E-state index contributed by atoms with van der Waals surface area (Å²) >= 11 is 0. The minimum Gasteiger partial charge on any atom is -0.508 e.